The number of para-hydroxylation sites is 1. The molecule has 0 aliphatic heterocycles. The number of rotatable bonds is 6. The van der Waals surface area contributed by atoms with Crippen LogP contribution in [0.5, 0.6) is 0 Å². The standard InChI is InChI=1S/C26H33N3O2/c1-16(2)15-28(25(30)17(3)4)20(7)24-27-22-11-9-8-10-21(22)26(31)29(24)23-13-12-18(5)14-19(23)6/h8-14,16-17,20H,15H2,1-7H3. The molecule has 1 heterocycles. The largest absolute Gasteiger partial charge is 0.332 e. The average molecular weight is 420 g/mol. The molecule has 0 saturated carbocycles. The van der Waals surface area contributed by atoms with Crippen LogP contribution in [0.3, 0.4) is 0 Å². The Labute approximate surface area is 184 Å². The molecule has 164 valence electrons. The summed E-state index contributed by atoms with van der Waals surface area (Å²) in [6, 6.07) is 13.1. The minimum Gasteiger partial charge on any atom is -0.332 e. The number of fused-ring (bicyclic) bond motifs is 1. The van der Waals surface area contributed by atoms with Gasteiger partial charge in [-0.1, -0.05) is 57.5 Å². The fourth-order valence-electron chi connectivity index (χ4n) is 4.02. The van der Waals surface area contributed by atoms with Crippen LogP contribution in [0, 0.1) is 25.7 Å². The van der Waals surface area contributed by atoms with Crippen molar-refractivity contribution in [3.8, 4) is 5.69 Å². The first-order chi connectivity index (χ1) is 14.6. The van der Waals surface area contributed by atoms with Crippen molar-refractivity contribution in [3.05, 3.63) is 69.8 Å². The van der Waals surface area contributed by atoms with Crippen molar-refractivity contribution < 1.29 is 4.79 Å². The molecule has 1 amide bonds. The Kier molecular flexibility index (Phi) is 6.63. The molecule has 0 aliphatic carbocycles. The Balaban J connectivity index is 2.31. The Morgan fingerprint density at radius 3 is 2.32 bits per heavy atom. The van der Waals surface area contributed by atoms with Crippen molar-refractivity contribution in [3.63, 3.8) is 0 Å². The first-order valence-corrected chi connectivity index (χ1v) is 11.0. The summed E-state index contributed by atoms with van der Waals surface area (Å²) in [7, 11) is 0. The first-order valence-electron chi connectivity index (χ1n) is 11.0. The van der Waals surface area contributed by atoms with E-state index in [4.69, 9.17) is 4.98 Å². The minimum absolute atomic E-state index is 0.0655. The van der Waals surface area contributed by atoms with Crippen molar-refractivity contribution in [1.29, 1.82) is 0 Å². The van der Waals surface area contributed by atoms with Gasteiger partial charge in [0.25, 0.3) is 5.56 Å². The van der Waals surface area contributed by atoms with E-state index < -0.39 is 0 Å². The molecular formula is C26H33N3O2. The van der Waals surface area contributed by atoms with Crippen LogP contribution in [0.4, 0.5) is 0 Å². The van der Waals surface area contributed by atoms with Crippen LogP contribution < -0.4 is 5.56 Å². The number of aromatic nitrogens is 2. The fraction of sp³-hybridized carbons (Fsp3) is 0.423. The molecule has 0 N–H and O–H groups in total. The van der Waals surface area contributed by atoms with Crippen LogP contribution in [-0.4, -0.2) is 26.9 Å². The second kappa shape index (κ2) is 9.04. The lowest BCUT2D eigenvalue weighted by molar-refractivity contribution is -0.137. The van der Waals surface area contributed by atoms with Gasteiger partial charge in [-0.25, -0.2) is 4.98 Å². The maximum atomic E-state index is 13.7. The van der Waals surface area contributed by atoms with Gasteiger partial charge >= 0.3 is 0 Å². The van der Waals surface area contributed by atoms with Gasteiger partial charge in [-0.2, -0.15) is 0 Å². The lowest BCUT2D eigenvalue weighted by Crippen LogP contribution is -2.41. The number of hydrogen-bond donors (Lipinski definition) is 0. The number of nitrogens with zero attached hydrogens (tertiary/aromatic N) is 3. The average Bonchev–Trinajstić information content (AvgIpc) is 2.71. The van der Waals surface area contributed by atoms with E-state index in [2.05, 4.69) is 19.9 Å². The molecule has 1 unspecified atom stereocenters. The highest BCUT2D eigenvalue weighted by Crippen LogP contribution is 2.26. The molecule has 0 bridgehead atoms. The molecule has 3 rings (SSSR count). The van der Waals surface area contributed by atoms with Gasteiger partial charge in [0.05, 0.1) is 22.6 Å². The van der Waals surface area contributed by atoms with E-state index in [1.54, 1.807) is 4.57 Å². The van der Waals surface area contributed by atoms with Crippen LogP contribution >= 0.6 is 0 Å². The zero-order chi connectivity index (χ0) is 22.9. The van der Waals surface area contributed by atoms with Gasteiger partial charge in [-0.05, 0) is 50.5 Å². The molecule has 5 nitrogen and oxygen atoms in total. The third-order valence-electron chi connectivity index (χ3n) is 5.57. The van der Waals surface area contributed by atoms with E-state index >= 15 is 0 Å². The molecule has 2 aromatic carbocycles. The maximum Gasteiger partial charge on any atom is 0.266 e. The van der Waals surface area contributed by atoms with Crippen LogP contribution in [0.15, 0.2) is 47.3 Å². The molecule has 1 atom stereocenters. The predicted molar refractivity (Wildman–Crippen MR) is 127 cm³/mol. The number of carbonyl (C=O) groups is 1. The summed E-state index contributed by atoms with van der Waals surface area (Å²) in [5.41, 5.74) is 3.47. The zero-order valence-corrected chi connectivity index (χ0v) is 19.6. The highest BCUT2D eigenvalue weighted by molar-refractivity contribution is 5.80. The first kappa shape index (κ1) is 22.7. The van der Waals surface area contributed by atoms with E-state index in [1.807, 2.05) is 75.9 Å². The molecule has 0 radical (unpaired) electrons. The number of carbonyl (C=O) groups excluding carboxylic acids is 1. The highest BCUT2D eigenvalue weighted by atomic mass is 16.2. The maximum absolute atomic E-state index is 13.7. The number of amides is 1. The van der Waals surface area contributed by atoms with Gasteiger partial charge in [0.1, 0.15) is 5.82 Å². The van der Waals surface area contributed by atoms with E-state index in [1.165, 1.54) is 0 Å². The van der Waals surface area contributed by atoms with Gasteiger partial charge in [0.2, 0.25) is 5.91 Å². The molecule has 0 spiro atoms. The Hall–Kier alpha value is -2.95. The lowest BCUT2D eigenvalue weighted by atomic mass is 10.1. The highest BCUT2D eigenvalue weighted by Gasteiger charge is 2.29. The summed E-state index contributed by atoms with van der Waals surface area (Å²) >= 11 is 0. The van der Waals surface area contributed by atoms with E-state index in [-0.39, 0.29) is 23.4 Å². The van der Waals surface area contributed by atoms with Crippen LogP contribution in [0.2, 0.25) is 0 Å². The number of aryl methyl sites for hydroxylation is 2. The SMILES string of the molecule is Cc1ccc(-n2c(C(C)N(CC(C)C)C(=O)C(C)C)nc3ccccc3c2=O)c(C)c1. The van der Waals surface area contributed by atoms with E-state index in [0.29, 0.717) is 29.2 Å². The number of hydrogen-bond acceptors (Lipinski definition) is 3. The van der Waals surface area contributed by atoms with Gasteiger partial charge in [0.15, 0.2) is 0 Å². The lowest BCUT2D eigenvalue weighted by Gasteiger charge is -2.33. The van der Waals surface area contributed by atoms with Crippen molar-refractivity contribution in [2.24, 2.45) is 11.8 Å². The quantitative estimate of drug-likeness (QED) is 0.551. The molecule has 31 heavy (non-hydrogen) atoms. The van der Waals surface area contributed by atoms with Crippen molar-refractivity contribution in [2.75, 3.05) is 6.54 Å². The third kappa shape index (κ3) is 4.55. The van der Waals surface area contributed by atoms with E-state index in [0.717, 1.165) is 16.8 Å². The van der Waals surface area contributed by atoms with Crippen molar-refractivity contribution in [1.82, 2.24) is 14.5 Å². The second-order valence-corrected chi connectivity index (χ2v) is 9.13. The summed E-state index contributed by atoms with van der Waals surface area (Å²) in [5, 5.41) is 0.573. The number of benzene rings is 2. The Morgan fingerprint density at radius 2 is 1.71 bits per heavy atom. The summed E-state index contributed by atoms with van der Waals surface area (Å²) in [6.07, 6.45) is 0. The molecule has 0 aliphatic rings. The van der Waals surface area contributed by atoms with Crippen molar-refractivity contribution >= 4 is 16.8 Å². The van der Waals surface area contributed by atoms with Crippen LogP contribution in [0.25, 0.3) is 16.6 Å². The molecule has 3 aromatic rings. The Bertz CT molecular complexity index is 1160. The molecule has 5 heteroatoms. The third-order valence-corrected chi connectivity index (χ3v) is 5.57. The summed E-state index contributed by atoms with van der Waals surface area (Å²) in [5.74, 6) is 0.816. The Morgan fingerprint density at radius 1 is 1.03 bits per heavy atom. The summed E-state index contributed by atoms with van der Waals surface area (Å²) in [4.78, 5) is 33.6. The monoisotopic (exact) mass is 419 g/mol. The van der Waals surface area contributed by atoms with Crippen LogP contribution in [0.1, 0.15) is 57.6 Å². The van der Waals surface area contributed by atoms with Crippen molar-refractivity contribution in [2.45, 2.75) is 54.5 Å². The summed E-state index contributed by atoms with van der Waals surface area (Å²) in [6.45, 7) is 14.6. The van der Waals surface area contributed by atoms with Gasteiger partial charge in [-0.3, -0.25) is 14.2 Å². The summed E-state index contributed by atoms with van der Waals surface area (Å²) < 4.78 is 1.70. The van der Waals surface area contributed by atoms with Crippen LogP contribution in [-0.2, 0) is 4.79 Å². The van der Waals surface area contributed by atoms with Gasteiger partial charge in [-0.15, -0.1) is 0 Å². The van der Waals surface area contributed by atoms with Gasteiger partial charge < -0.3 is 4.90 Å². The fourth-order valence-corrected chi connectivity index (χ4v) is 4.02. The van der Waals surface area contributed by atoms with E-state index in [9.17, 15) is 9.59 Å². The molecule has 1 aromatic heterocycles. The smallest absolute Gasteiger partial charge is 0.266 e. The minimum atomic E-state index is -0.352. The molecule has 0 saturated heterocycles. The normalized spacial score (nSPS) is 12.5. The molecule has 0 fully saturated rings. The second-order valence-electron chi connectivity index (χ2n) is 9.13. The predicted octanol–water partition coefficient (Wildman–Crippen LogP) is 5.20. The topological polar surface area (TPSA) is 55.2 Å². The van der Waals surface area contributed by atoms with Gasteiger partial charge in [0, 0.05) is 12.5 Å². The zero-order valence-electron chi connectivity index (χ0n) is 19.6. The molecular weight excluding hydrogens is 386 g/mol.